The molecule has 0 aliphatic heterocycles. The Hall–Kier alpha value is -1.53. The van der Waals surface area contributed by atoms with Crippen LogP contribution in [0.1, 0.15) is 0 Å². The van der Waals surface area contributed by atoms with E-state index in [1.807, 2.05) is 5.32 Å². The summed E-state index contributed by atoms with van der Waals surface area (Å²) >= 11 is 0. The number of anilines is 1. The number of carbonyl (C=O) groups excluding carboxylic acids is 1. The van der Waals surface area contributed by atoms with Gasteiger partial charge in [-0.2, -0.15) is 0 Å². The number of benzene rings is 1. The second-order valence-electron chi connectivity index (χ2n) is 2.92. The van der Waals surface area contributed by atoms with E-state index in [0.717, 1.165) is 12.1 Å². The maximum Gasteiger partial charge on any atom is 0.250 e. The molecule has 1 aromatic rings. The van der Waals surface area contributed by atoms with E-state index in [2.05, 4.69) is 4.74 Å². The topological polar surface area (TPSA) is 58.6 Å². The van der Waals surface area contributed by atoms with Crippen molar-refractivity contribution in [3.8, 4) is 0 Å². The zero-order valence-electron chi connectivity index (χ0n) is 8.37. The van der Waals surface area contributed by atoms with Crippen molar-refractivity contribution in [3.05, 3.63) is 29.8 Å². The van der Waals surface area contributed by atoms with Crippen LogP contribution in [0.2, 0.25) is 0 Å². The van der Waals surface area contributed by atoms with Gasteiger partial charge in [-0.1, -0.05) is 6.07 Å². The van der Waals surface area contributed by atoms with Crippen molar-refractivity contribution in [2.75, 3.05) is 25.1 Å². The molecule has 4 nitrogen and oxygen atoms in total. The normalized spacial score (nSPS) is 10.2. The van der Waals surface area contributed by atoms with Crippen molar-refractivity contribution in [3.63, 3.8) is 0 Å². The molecule has 0 saturated heterocycles. The van der Waals surface area contributed by atoms with E-state index in [1.54, 1.807) is 0 Å². The van der Waals surface area contributed by atoms with Crippen molar-refractivity contribution in [2.24, 2.45) is 0 Å². The van der Waals surface area contributed by atoms with Crippen molar-refractivity contribution >= 4 is 11.6 Å². The molecule has 0 saturated carbocycles. The molecular weight excluding hydrogens is 220 g/mol. The van der Waals surface area contributed by atoms with Crippen LogP contribution in [-0.4, -0.2) is 30.8 Å². The number of halogens is 2. The molecule has 0 atom stereocenters. The standard InChI is InChI=1S/C10H11F2NO3/c11-7-2-1-3-8(12)10(7)13-9(15)6-16-5-4-14/h1-3,14H,4-6H2,(H,13,15). The van der Waals surface area contributed by atoms with Gasteiger partial charge in [0, 0.05) is 0 Å². The predicted molar refractivity (Wildman–Crippen MR) is 52.9 cm³/mol. The number of hydrogen-bond donors (Lipinski definition) is 2. The van der Waals surface area contributed by atoms with Gasteiger partial charge in [-0.05, 0) is 12.1 Å². The number of para-hydroxylation sites is 1. The minimum atomic E-state index is -0.851. The smallest absolute Gasteiger partial charge is 0.250 e. The van der Waals surface area contributed by atoms with Gasteiger partial charge in [-0.15, -0.1) is 0 Å². The van der Waals surface area contributed by atoms with Crippen LogP contribution < -0.4 is 5.32 Å². The van der Waals surface area contributed by atoms with E-state index in [0.29, 0.717) is 0 Å². The maximum absolute atomic E-state index is 13.1. The van der Waals surface area contributed by atoms with Crippen molar-refractivity contribution in [1.82, 2.24) is 0 Å². The van der Waals surface area contributed by atoms with Gasteiger partial charge in [0.1, 0.15) is 23.9 Å². The highest BCUT2D eigenvalue weighted by atomic mass is 19.1. The molecular formula is C10H11F2NO3. The van der Waals surface area contributed by atoms with E-state index >= 15 is 0 Å². The minimum absolute atomic E-state index is 0.00677. The zero-order valence-corrected chi connectivity index (χ0v) is 8.37. The molecule has 2 N–H and O–H groups in total. The van der Waals surface area contributed by atoms with Crippen LogP contribution in [0.4, 0.5) is 14.5 Å². The molecule has 1 aromatic carbocycles. The molecule has 0 aliphatic rings. The summed E-state index contributed by atoms with van der Waals surface area (Å²) in [7, 11) is 0. The summed E-state index contributed by atoms with van der Waals surface area (Å²) in [5.41, 5.74) is -0.500. The largest absolute Gasteiger partial charge is 0.394 e. The molecule has 6 heteroatoms. The van der Waals surface area contributed by atoms with Crippen LogP contribution in [0.3, 0.4) is 0 Å². The van der Waals surface area contributed by atoms with Crippen LogP contribution in [0.25, 0.3) is 0 Å². The number of nitrogens with one attached hydrogen (secondary N) is 1. The third-order valence-electron chi connectivity index (χ3n) is 1.70. The van der Waals surface area contributed by atoms with Crippen LogP contribution in [0.15, 0.2) is 18.2 Å². The Morgan fingerprint density at radius 2 is 2.00 bits per heavy atom. The quantitative estimate of drug-likeness (QED) is 0.740. The minimum Gasteiger partial charge on any atom is -0.394 e. The number of amides is 1. The lowest BCUT2D eigenvalue weighted by atomic mass is 10.3. The Balaban J connectivity index is 2.56. The van der Waals surface area contributed by atoms with Gasteiger partial charge in [0.2, 0.25) is 0 Å². The first kappa shape index (κ1) is 12.5. The van der Waals surface area contributed by atoms with E-state index in [4.69, 9.17) is 5.11 Å². The fourth-order valence-electron chi connectivity index (χ4n) is 1.02. The maximum atomic E-state index is 13.1. The van der Waals surface area contributed by atoms with Gasteiger partial charge in [-0.25, -0.2) is 8.78 Å². The SMILES string of the molecule is O=C(COCCO)Nc1c(F)cccc1F. The fourth-order valence-corrected chi connectivity index (χ4v) is 1.02. The van der Waals surface area contributed by atoms with Crippen LogP contribution in [0, 0.1) is 11.6 Å². The second kappa shape index (κ2) is 6.14. The summed E-state index contributed by atoms with van der Waals surface area (Å²) < 4.78 is 30.8. The summed E-state index contributed by atoms with van der Waals surface area (Å²) in [6.45, 7) is -0.594. The molecule has 88 valence electrons. The molecule has 1 rings (SSSR count). The second-order valence-corrected chi connectivity index (χ2v) is 2.92. The van der Waals surface area contributed by atoms with E-state index < -0.39 is 23.2 Å². The first-order valence-electron chi connectivity index (χ1n) is 4.57. The van der Waals surface area contributed by atoms with Gasteiger partial charge in [0.25, 0.3) is 5.91 Å². The number of hydrogen-bond acceptors (Lipinski definition) is 3. The number of carbonyl (C=O) groups is 1. The third-order valence-corrected chi connectivity index (χ3v) is 1.70. The van der Waals surface area contributed by atoms with Crippen molar-refractivity contribution in [1.29, 1.82) is 0 Å². The molecule has 0 aromatic heterocycles. The van der Waals surface area contributed by atoms with Gasteiger partial charge >= 0.3 is 0 Å². The van der Waals surface area contributed by atoms with Gasteiger partial charge in [-0.3, -0.25) is 4.79 Å². The monoisotopic (exact) mass is 231 g/mol. The first-order chi connectivity index (χ1) is 7.65. The van der Waals surface area contributed by atoms with Crippen LogP contribution in [0.5, 0.6) is 0 Å². The predicted octanol–water partition coefficient (Wildman–Crippen LogP) is 0.912. The summed E-state index contributed by atoms with van der Waals surface area (Å²) in [5, 5.41) is 10.4. The summed E-state index contributed by atoms with van der Waals surface area (Å²) in [6.07, 6.45) is 0. The molecule has 0 spiro atoms. The molecule has 0 aliphatic carbocycles. The Morgan fingerprint density at radius 1 is 1.38 bits per heavy atom. The Morgan fingerprint density at radius 3 is 2.56 bits per heavy atom. The molecule has 1 amide bonds. The molecule has 0 fully saturated rings. The average molecular weight is 231 g/mol. The lowest BCUT2D eigenvalue weighted by Crippen LogP contribution is -2.20. The van der Waals surface area contributed by atoms with Gasteiger partial charge in [0.05, 0.1) is 13.2 Å². The third kappa shape index (κ3) is 3.56. The molecule has 16 heavy (non-hydrogen) atoms. The first-order valence-corrected chi connectivity index (χ1v) is 4.57. The zero-order chi connectivity index (χ0) is 12.0. The average Bonchev–Trinajstić information content (AvgIpc) is 2.24. The highest BCUT2D eigenvalue weighted by Gasteiger charge is 2.11. The van der Waals surface area contributed by atoms with Gasteiger partial charge in [0.15, 0.2) is 0 Å². The Labute approximate surface area is 90.8 Å². The Bertz CT molecular complexity index is 351. The van der Waals surface area contributed by atoms with E-state index in [1.165, 1.54) is 6.07 Å². The summed E-state index contributed by atoms with van der Waals surface area (Å²) in [5.74, 6) is -2.39. The van der Waals surface area contributed by atoms with Gasteiger partial charge < -0.3 is 15.2 Å². The lowest BCUT2D eigenvalue weighted by Gasteiger charge is -2.07. The fraction of sp³-hybridized carbons (Fsp3) is 0.300. The van der Waals surface area contributed by atoms with Crippen LogP contribution in [-0.2, 0) is 9.53 Å². The lowest BCUT2D eigenvalue weighted by molar-refractivity contribution is -0.120. The summed E-state index contributed by atoms with van der Waals surface area (Å²) in [4.78, 5) is 11.1. The molecule has 0 heterocycles. The van der Waals surface area contributed by atoms with E-state index in [9.17, 15) is 13.6 Å². The molecule has 0 bridgehead atoms. The highest BCUT2D eigenvalue weighted by Crippen LogP contribution is 2.17. The van der Waals surface area contributed by atoms with E-state index in [-0.39, 0.29) is 19.8 Å². The molecule has 0 unspecified atom stereocenters. The molecule has 0 radical (unpaired) electrons. The number of rotatable bonds is 5. The number of ether oxygens (including phenoxy) is 1. The number of aliphatic hydroxyl groups is 1. The van der Waals surface area contributed by atoms with Crippen LogP contribution >= 0.6 is 0 Å². The Kier molecular flexibility index (Phi) is 4.81. The highest BCUT2D eigenvalue weighted by molar-refractivity contribution is 5.91. The number of aliphatic hydroxyl groups excluding tert-OH is 1. The summed E-state index contributed by atoms with van der Waals surface area (Å²) in [6, 6.07) is 3.27. The van der Waals surface area contributed by atoms with Crippen molar-refractivity contribution < 1.29 is 23.4 Å². The van der Waals surface area contributed by atoms with Crippen molar-refractivity contribution in [2.45, 2.75) is 0 Å².